The number of fused-ring (bicyclic) bond motifs is 2. The van der Waals surface area contributed by atoms with Gasteiger partial charge >= 0.3 is 0 Å². The standard InChI is InChI=1S/C27H27FN6O2/c1-35-19-10-16(9-18(28)12-19)22-14-33-27-21(11-17(13-32-27)20-3-2-5-31-26(20)29)25(22)34-7-4-23-24(15-34)36-8-6-30-23/h2-3,5,9-14,23-24,30H,4,6-8,15H2,1H3,(H2,29,31)/t23-,24-/m1/s1. The molecule has 0 spiro atoms. The van der Waals surface area contributed by atoms with E-state index in [-0.39, 0.29) is 11.9 Å². The Balaban J connectivity index is 1.55. The smallest absolute Gasteiger partial charge is 0.161 e. The fourth-order valence-corrected chi connectivity index (χ4v) is 5.24. The second kappa shape index (κ2) is 9.33. The van der Waals surface area contributed by atoms with Gasteiger partial charge in [0.15, 0.2) is 5.65 Å². The van der Waals surface area contributed by atoms with Crippen molar-refractivity contribution in [1.82, 2.24) is 20.3 Å². The zero-order chi connectivity index (χ0) is 24.6. The lowest BCUT2D eigenvalue weighted by molar-refractivity contribution is -0.00896. The first-order valence-corrected chi connectivity index (χ1v) is 12.1. The molecule has 3 aromatic heterocycles. The van der Waals surface area contributed by atoms with Crippen LogP contribution in [0.3, 0.4) is 0 Å². The Kier molecular flexibility index (Phi) is 5.86. The minimum absolute atomic E-state index is 0.0655. The summed E-state index contributed by atoms with van der Waals surface area (Å²) in [7, 11) is 1.53. The number of methoxy groups -OCH3 is 1. The second-order valence-corrected chi connectivity index (χ2v) is 9.14. The number of ether oxygens (including phenoxy) is 2. The zero-order valence-electron chi connectivity index (χ0n) is 19.9. The fourth-order valence-electron chi connectivity index (χ4n) is 5.24. The van der Waals surface area contributed by atoms with Crippen molar-refractivity contribution >= 4 is 22.5 Å². The molecule has 0 radical (unpaired) electrons. The molecule has 184 valence electrons. The molecule has 0 saturated carbocycles. The molecule has 36 heavy (non-hydrogen) atoms. The van der Waals surface area contributed by atoms with Crippen molar-refractivity contribution in [1.29, 1.82) is 0 Å². The van der Waals surface area contributed by atoms with Crippen LogP contribution in [0.4, 0.5) is 15.9 Å². The van der Waals surface area contributed by atoms with Crippen LogP contribution in [0.2, 0.25) is 0 Å². The summed E-state index contributed by atoms with van der Waals surface area (Å²) in [5.41, 5.74) is 10.9. The molecule has 5 heterocycles. The number of halogens is 1. The number of pyridine rings is 3. The summed E-state index contributed by atoms with van der Waals surface area (Å²) in [6.07, 6.45) is 6.19. The van der Waals surface area contributed by atoms with Crippen molar-refractivity contribution in [2.45, 2.75) is 18.6 Å². The van der Waals surface area contributed by atoms with Gasteiger partial charge in [-0.3, -0.25) is 0 Å². The van der Waals surface area contributed by atoms with Crippen molar-refractivity contribution in [3.63, 3.8) is 0 Å². The molecule has 6 rings (SSSR count). The van der Waals surface area contributed by atoms with Crippen molar-refractivity contribution < 1.29 is 13.9 Å². The van der Waals surface area contributed by atoms with Gasteiger partial charge in [-0.2, -0.15) is 0 Å². The summed E-state index contributed by atoms with van der Waals surface area (Å²) in [5, 5.41) is 4.43. The zero-order valence-corrected chi connectivity index (χ0v) is 19.9. The molecule has 2 atom stereocenters. The van der Waals surface area contributed by atoms with Crippen molar-refractivity contribution in [2.24, 2.45) is 0 Å². The maximum absolute atomic E-state index is 14.6. The lowest BCUT2D eigenvalue weighted by Crippen LogP contribution is -2.57. The highest BCUT2D eigenvalue weighted by atomic mass is 19.1. The van der Waals surface area contributed by atoms with Crippen LogP contribution in [0.1, 0.15) is 6.42 Å². The van der Waals surface area contributed by atoms with Crippen LogP contribution in [-0.4, -0.2) is 60.4 Å². The largest absolute Gasteiger partial charge is 0.497 e. The molecule has 3 N–H and O–H groups in total. The molecule has 2 saturated heterocycles. The Morgan fingerprint density at radius 3 is 2.86 bits per heavy atom. The number of hydrogen-bond acceptors (Lipinski definition) is 8. The minimum Gasteiger partial charge on any atom is -0.497 e. The minimum atomic E-state index is -0.371. The van der Waals surface area contributed by atoms with Crippen LogP contribution in [0.15, 0.2) is 55.0 Å². The number of morpholine rings is 1. The van der Waals surface area contributed by atoms with Gasteiger partial charge in [0, 0.05) is 72.4 Å². The molecule has 1 aromatic carbocycles. The van der Waals surface area contributed by atoms with Gasteiger partial charge in [0.25, 0.3) is 0 Å². The topological polar surface area (TPSA) is 98.4 Å². The third kappa shape index (κ3) is 4.10. The van der Waals surface area contributed by atoms with Crippen LogP contribution in [0, 0.1) is 5.82 Å². The van der Waals surface area contributed by atoms with Gasteiger partial charge in [-0.25, -0.2) is 19.3 Å². The fraction of sp³-hybridized carbons (Fsp3) is 0.296. The maximum Gasteiger partial charge on any atom is 0.161 e. The molecule has 2 aliphatic rings. The van der Waals surface area contributed by atoms with E-state index in [0.717, 1.165) is 47.3 Å². The van der Waals surface area contributed by atoms with E-state index in [1.165, 1.54) is 19.2 Å². The van der Waals surface area contributed by atoms with E-state index in [2.05, 4.69) is 25.2 Å². The molecule has 4 aromatic rings. The number of piperidine rings is 1. The van der Waals surface area contributed by atoms with E-state index in [1.807, 2.05) is 24.3 Å². The van der Waals surface area contributed by atoms with Gasteiger partial charge in [0.1, 0.15) is 17.4 Å². The van der Waals surface area contributed by atoms with E-state index < -0.39 is 0 Å². The average Bonchev–Trinajstić information content (AvgIpc) is 2.91. The first-order valence-electron chi connectivity index (χ1n) is 12.1. The summed E-state index contributed by atoms with van der Waals surface area (Å²) < 4.78 is 26.0. The van der Waals surface area contributed by atoms with Gasteiger partial charge in [0.2, 0.25) is 0 Å². The van der Waals surface area contributed by atoms with Gasteiger partial charge in [-0.05, 0) is 42.3 Å². The highest BCUT2D eigenvalue weighted by molar-refractivity contribution is 6.00. The van der Waals surface area contributed by atoms with E-state index in [4.69, 9.17) is 15.2 Å². The summed E-state index contributed by atoms with van der Waals surface area (Å²) in [5.74, 6) is 0.509. The highest BCUT2D eigenvalue weighted by Gasteiger charge is 2.34. The lowest BCUT2D eigenvalue weighted by atomic mass is 9.96. The van der Waals surface area contributed by atoms with E-state index in [1.54, 1.807) is 18.6 Å². The predicted octanol–water partition coefficient (Wildman–Crippen LogP) is 3.66. The molecular weight excluding hydrogens is 459 g/mol. The summed E-state index contributed by atoms with van der Waals surface area (Å²) >= 11 is 0. The first-order chi connectivity index (χ1) is 17.6. The van der Waals surface area contributed by atoms with E-state index in [0.29, 0.717) is 42.0 Å². The number of anilines is 2. The van der Waals surface area contributed by atoms with E-state index in [9.17, 15) is 4.39 Å². The maximum atomic E-state index is 14.6. The number of benzene rings is 1. The average molecular weight is 487 g/mol. The van der Waals surface area contributed by atoms with Gasteiger partial charge in [-0.1, -0.05) is 0 Å². The number of aromatic nitrogens is 3. The number of hydrogen-bond donors (Lipinski definition) is 2. The summed E-state index contributed by atoms with van der Waals surface area (Å²) in [6, 6.07) is 10.9. The predicted molar refractivity (Wildman–Crippen MR) is 137 cm³/mol. The Bertz CT molecular complexity index is 1430. The van der Waals surface area contributed by atoms with Crippen LogP contribution in [-0.2, 0) is 4.74 Å². The molecule has 2 fully saturated rings. The Morgan fingerprint density at radius 1 is 1.11 bits per heavy atom. The highest BCUT2D eigenvalue weighted by Crippen LogP contribution is 2.40. The Labute approximate surface area is 208 Å². The molecule has 0 amide bonds. The third-order valence-corrected chi connectivity index (χ3v) is 6.98. The number of nitrogens with one attached hydrogen (secondary N) is 1. The number of nitrogens with two attached hydrogens (primary N) is 1. The SMILES string of the molecule is COc1cc(F)cc(-c2cnc3ncc(-c4cccnc4N)cc3c2N2CC[C@H]3NCCO[C@@H]3C2)c1. The third-order valence-electron chi connectivity index (χ3n) is 6.98. The van der Waals surface area contributed by atoms with Crippen molar-refractivity contribution in [2.75, 3.05) is 44.0 Å². The normalized spacial score (nSPS) is 19.8. The number of rotatable bonds is 4. The van der Waals surface area contributed by atoms with E-state index >= 15 is 0 Å². The second-order valence-electron chi connectivity index (χ2n) is 9.14. The Hall–Kier alpha value is -3.82. The molecule has 9 heteroatoms. The summed E-state index contributed by atoms with van der Waals surface area (Å²) in [6.45, 7) is 3.07. The number of nitrogen functional groups attached to an aromatic ring is 1. The molecule has 2 aliphatic heterocycles. The van der Waals surface area contributed by atoms with Crippen molar-refractivity contribution in [3.8, 4) is 28.0 Å². The molecule has 8 nitrogen and oxygen atoms in total. The van der Waals surface area contributed by atoms with Gasteiger partial charge < -0.3 is 25.4 Å². The molecule has 0 aliphatic carbocycles. The lowest BCUT2D eigenvalue weighted by Gasteiger charge is -2.43. The monoisotopic (exact) mass is 486 g/mol. The number of nitrogens with zero attached hydrogens (tertiary/aromatic N) is 4. The Morgan fingerprint density at radius 2 is 2.00 bits per heavy atom. The van der Waals surface area contributed by atoms with Gasteiger partial charge in [0.05, 0.1) is 25.5 Å². The van der Waals surface area contributed by atoms with Crippen LogP contribution in [0.5, 0.6) is 5.75 Å². The van der Waals surface area contributed by atoms with Crippen LogP contribution < -0.4 is 20.7 Å². The molecule has 0 unspecified atom stereocenters. The first kappa shape index (κ1) is 22.6. The molecule has 0 bridgehead atoms. The van der Waals surface area contributed by atoms with Crippen molar-refractivity contribution in [3.05, 3.63) is 60.8 Å². The van der Waals surface area contributed by atoms with Crippen LogP contribution >= 0.6 is 0 Å². The van der Waals surface area contributed by atoms with Gasteiger partial charge in [-0.15, -0.1) is 0 Å². The quantitative estimate of drug-likeness (QED) is 0.451. The molecular formula is C27H27FN6O2. The summed E-state index contributed by atoms with van der Waals surface area (Å²) in [4.78, 5) is 15.8. The van der Waals surface area contributed by atoms with Crippen LogP contribution in [0.25, 0.3) is 33.3 Å².